The molecule has 2 aromatic rings. The van der Waals surface area contributed by atoms with Gasteiger partial charge in [0.25, 0.3) is 0 Å². The minimum absolute atomic E-state index is 0.156. The van der Waals surface area contributed by atoms with Gasteiger partial charge in [0.2, 0.25) is 0 Å². The Kier molecular flexibility index (Phi) is 5.99. The Bertz CT molecular complexity index is 564. The first-order chi connectivity index (χ1) is 10.0. The van der Waals surface area contributed by atoms with Gasteiger partial charge in [0.05, 0.1) is 6.04 Å². The number of nitrogens with two attached hydrogens (primary N) is 1. The van der Waals surface area contributed by atoms with Crippen molar-refractivity contribution in [2.24, 2.45) is 5.73 Å². The van der Waals surface area contributed by atoms with E-state index in [1.807, 2.05) is 11.3 Å². The lowest BCUT2D eigenvalue weighted by atomic mass is 10.0. The lowest BCUT2D eigenvalue weighted by molar-refractivity contribution is 0.205. The summed E-state index contributed by atoms with van der Waals surface area (Å²) in [5.74, 6) is 0. The van der Waals surface area contributed by atoms with Gasteiger partial charge in [-0.1, -0.05) is 35.0 Å². The zero-order valence-electron chi connectivity index (χ0n) is 12.8. The Morgan fingerprint density at radius 2 is 1.86 bits per heavy atom. The molecule has 2 atom stereocenters. The molecule has 0 fully saturated rings. The van der Waals surface area contributed by atoms with Crippen molar-refractivity contribution in [1.29, 1.82) is 0 Å². The summed E-state index contributed by atoms with van der Waals surface area (Å²) < 4.78 is 1.12. The number of thiophene rings is 1. The molecule has 0 spiro atoms. The number of hydrogen-bond acceptors (Lipinski definition) is 3. The summed E-state index contributed by atoms with van der Waals surface area (Å²) in [5.41, 5.74) is 7.70. The lowest BCUT2D eigenvalue weighted by Crippen LogP contribution is -2.38. The van der Waals surface area contributed by atoms with E-state index in [9.17, 15) is 0 Å². The van der Waals surface area contributed by atoms with E-state index in [1.54, 1.807) is 0 Å². The molecule has 0 aliphatic heterocycles. The van der Waals surface area contributed by atoms with Crippen molar-refractivity contribution in [2.45, 2.75) is 38.9 Å². The Morgan fingerprint density at radius 3 is 2.38 bits per heavy atom. The molecule has 0 amide bonds. The van der Waals surface area contributed by atoms with Crippen LogP contribution in [0, 0.1) is 6.92 Å². The van der Waals surface area contributed by atoms with Crippen LogP contribution in [0.5, 0.6) is 0 Å². The highest BCUT2D eigenvalue weighted by Gasteiger charge is 2.24. The number of nitrogens with zero attached hydrogens (tertiary/aromatic N) is 1. The van der Waals surface area contributed by atoms with Crippen molar-refractivity contribution in [3.8, 4) is 0 Å². The lowest BCUT2D eigenvalue weighted by Gasteiger charge is -2.31. The van der Waals surface area contributed by atoms with Crippen molar-refractivity contribution < 1.29 is 0 Å². The maximum atomic E-state index is 6.39. The molecule has 2 unspecified atom stereocenters. The summed E-state index contributed by atoms with van der Waals surface area (Å²) in [7, 11) is 2.16. The quantitative estimate of drug-likeness (QED) is 0.800. The first-order valence-corrected chi connectivity index (χ1v) is 8.88. The SMILES string of the molecule is CCC(N)C(c1ccc(C)s1)N(C)Cc1ccc(Br)cc1. The van der Waals surface area contributed by atoms with E-state index < -0.39 is 0 Å². The number of aryl methyl sites for hydroxylation is 1. The molecule has 1 aromatic carbocycles. The van der Waals surface area contributed by atoms with Gasteiger partial charge in [-0.25, -0.2) is 0 Å². The van der Waals surface area contributed by atoms with Crippen LogP contribution < -0.4 is 5.73 Å². The fourth-order valence-corrected chi connectivity index (χ4v) is 3.95. The van der Waals surface area contributed by atoms with Crippen molar-refractivity contribution in [1.82, 2.24) is 4.90 Å². The van der Waals surface area contributed by atoms with E-state index >= 15 is 0 Å². The molecule has 2 nitrogen and oxygen atoms in total. The van der Waals surface area contributed by atoms with Gasteiger partial charge in [0.15, 0.2) is 0 Å². The molecule has 21 heavy (non-hydrogen) atoms. The fourth-order valence-electron chi connectivity index (χ4n) is 2.57. The van der Waals surface area contributed by atoms with Crippen LogP contribution in [0.25, 0.3) is 0 Å². The van der Waals surface area contributed by atoms with E-state index in [0.29, 0.717) is 0 Å². The third-order valence-electron chi connectivity index (χ3n) is 3.75. The third kappa shape index (κ3) is 4.39. The van der Waals surface area contributed by atoms with Gasteiger partial charge in [0, 0.05) is 26.8 Å². The monoisotopic (exact) mass is 366 g/mol. The van der Waals surface area contributed by atoms with Gasteiger partial charge < -0.3 is 5.73 Å². The summed E-state index contributed by atoms with van der Waals surface area (Å²) in [6, 6.07) is 13.3. The number of benzene rings is 1. The van der Waals surface area contributed by atoms with E-state index in [0.717, 1.165) is 17.4 Å². The van der Waals surface area contributed by atoms with Crippen LogP contribution in [0.1, 0.15) is 34.7 Å². The molecule has 2 rings (SSSR count). The number of rotatable bonds is 6. The molecule has 0 saturated heterocycles. The Hall–Kier alpha value is -0.680. The maximum absolute atomic E-state index is 6.39. The fraction of sp³-hybridized carbons (Fsp3) is 0.412. The zero-order chi connectivity index (χ0) is 15.4. The van der Waals surface area contributed by atoms with E-state index in [4.69, 9.17) is 5.73 Å². The second kappa shape index (κ2) is 7.54. The predicted octanol–water partition coefficient (Wildman–Crippen LogP) is 4.73. The highest BCUT2D eigenvalue weighted by Crippen LogP contribution is 2.31. The molecule has 0 aliphatic rings. The van der Waals surface area contributed by atoms with Crippen LogP contribution in [0.3, 0.4) is 0 Å². The van der Waals surface area contributed by atoms with Crippen LogP contribution >= 0.6 is 27.3 Å². The minimum atomic E-state index is 0.156. The van der Waals surface area contributed by atoms with Crippen molar-refractivity contribution in [3.05, 3.63) is 56.2 Å². The standard InChI is InChI=1S/C17H23BrN2S/c1-4-15(19)17(16-10-5-12(2)21-16)20(3)11-13-6-8-14(18)9-7-13/h5-10,15,17H,4,11,19H2,1-3H3. The smallest absolute Gasteiger partial charge is 0.0593 e. The van der Waals surface area contributed by atoms with E-state index in [2.05, 4.69) is 78.1 Å². The molecule has 2 N–H and O–H groups in total. The van der Waals surface area contributed by atoms with Crippen molar-refractivity contribution in [3.63, 3.8) is 0 Å². The van der Waals surface area contributed by atoms with Crippen LogP contribution in [0.4, 0.5) is 0 Å². The van der Waals surface area contributed by atoms with Crippen LogP contribution in [0.15, 0.2) is 40.9 Å². The van der Waals surface area contributed by atoms with E-state index in [-0.39, 0.29) is 12.1 Å². The third-order valence-corrected chi connectivity index (χ3v) is 5.35. The average Bonchev–Trinajstić information content (AvgIpc) is 2.87. The number of likely N-dealkylation sites (N-methyl/N-ethyl adjacent to an activating group) is 1. The van der Waals surface area contributed by atoms with Gasteiger partial charge in [0.1, 0.15) is 0 Å². The van der Waals surface area contributed by atoms with Gasteiger partial charge in [-0.05, 0) is 50.2 Å². The summed E-state index contributed by atoms with van der Waals surface area (Å²) in [6.07, 6.45) is 0.978. The number of hydrogen-bond donors (Lipinski definition) is 1. The Morgan fingerprint density at radius 1 is 1.19 bits per heavy atom. The largest absolute Gasteiger partial charge is 0.326 e. The summed E-state index contributed by atoms with van der Waals surface area (Å²) in [6.45, 7) is 5.21. The van der Waals surface area contributed by atoms with Crippen LogP contribution in [0.2, 0.25) is 0 Å². The molecule has 1 heterocycles. The second-order valence-corrected chi connectivity index (χ2v) is 7.74. The van der Waals surface area contributed by atoms with Gasteiger partial charge in [-0.15, -0.1) is 11.3 Å². The maximum Gasteiger partial charge on any atom is 0.0593 e. The molecule has 4 heteroatoms. The van der Waals surface area contributed by atoms with E-state index in [1.165, 1.54) is 15.3 Å². The first-order valence-electron chi connectivity index (χ1n) is 7.28. The van der Waals surface area contributed by atoms with Crippen LogP contribution in [-0.4, -0.2) is 18.0 Å². The molecule has 0 aliphatic carbocycles. The molecule has 0 radical (unpaired) electrons. The molecular weight excluding hydrogens is 344 g/mol. The van der Waals surface area contributed by atoms with Gasteiger partial charge in [-0.2, -0.15) is 0 Å². The minimum Gasteiger partial charge on any atom is -0.326 e. The summed E-state index contributed by atoms with van der Waals surface area (Å²) >= 11 is 5.33. The second-order valence-electron chi connectivity index (χ2n) is 5.51. The predicted molar refractivity (Wildman–Crippen MR) is 95.7 cm³/mol. The van der Waals surface area contributed by atoms with Gasteiger partial charge in [-0.3, -0.25) is 4.90 Å². The molecular formula is C17H23BrN2S. The van der Waals surface area contributed by atoms with Crippen molar-refractivity contribution >= 4 is 27.3 Å². The van der Waals surface area contributed by atoms with Gasteiger partial charge >= 0.3 is 0 Å². The summed E-state index contributed by atoms with van der Waals surface area (Å²) in [5, 5.41) is 0. The highest BCUT2D eigenvalue weighted by atomic mass is 79.9. The number of halogens is 1. The topological polar surface area (TPSA) is 29.3 Å². The van der Waals surface area contributed by atoms with Crippen molar-refractivity contribution in [2.75, 3.05) is 7.05 Å². The molecule has 1 aromatic heterocycles. The zero-order valence-corrected chi connectivity index (χ0v) is 15.2. The van der Waals surface area contributed by atoms with Crippen LogP contribution in [-0.2, 0) is 6.54 Å². The Balaban J connectivity index is 2.18. The normalized spacial score (nSPS) is 14.4. The first kappa shape index (κ1) is 16.7. The summed E-state index contributed by atoms with van der Waals surface area (Å²) in [4.78, 5) is 5.07. The molecule has 114 valence electrons. The Labute approximate surface area is 140 Å². The average molecular weight is 367 g/mol. The molecule has 0 bridgehead atoms. The highest BCUT2D eigenvalue weighted by molar-refractivity contribution is 9.10. The molecule has 0 saturated carbocycles.